The lowest BCUT2D eigenvalue weighted by molar-refractivity contribution is -0.146. The molecule has 0 radical (unpaired) electrons. The SMILES string of the molecule is COC(=O)C1CCN(S(=O)(=O)N(C)C2CCCNC2)CC1. The highest BCUT2D eigenvalue weighted by Crippen LogP contribution is 2.23. The summed E-state index contributed by atoms with van der Waals surface area (Å²) in [5, 5.41) is 3.23. The minimum atomic E-state index is -3.44. The lowest BCUT2D eigenvalue weighted by atomic mass is 9.99. The molecule has 0 amide bonds. The van der Waals surface area contributed by atoms with Crippen molar-refractivity contribution in [3.05, 3.63) is 0 Å². The average Bonchev–Trinajstić information content (AvgIpc) is 2.54. The molecule has 2 saturated heterocycles. The van der Waals surface area contributed by atoms with Gasteiger partial charge in [-0.25, -0.2) is 0 Å². The summed E-state index contributed by atoms with van der Waals surface area (Å²) in [6, 6.07) is 0.0158. The van der Waals surface area contributed by atoms with E-state index in [1.807, 2.05) is 0 Å². The fourth-order valence-electron chi connectivity index (χ4n) is 3.00. The number of carbonyl (C=O) groups excluding carboxylic acids is 1. The van der Waals surface area contributed by atoms with E-state index < -0.39 is 10.2 Å². The number of likely N-dealkylation sites (N-methyl/N-ethyl adjacent to an activating group) is 1. The number of nitrogens with one attached hydrogen (secondary N) is 1. The minimum Gasteiger partial charge on any atom is -0.469 e. The van der Waals surface area contributed by atoms with Crippen molar-refractivity contribution in [1.82, 2.24) is 13.9 Å². The highest BCUT2D eigenvalue weighted by atomic mass is 32.2. The van der Waals surface area contributed by atoms with Crippen molar-refractivity contribution in [3.63, 3.8) is 0 Å². The first-order valence-electron chi connectivity index (χ1n) is 7.48. The molecule has 2 heterocycles. The Labute approximate surface area is 126 Å². The maximum Gasteiger partial charge on any atom is 0.308 e. The van der Waals surface area contributed by atoms with Crippen LogP contribution in [0.2, 0.25) is 0 Å². The topological polar surface area (TPSA) is 79.0 Å². The van der Waals surface area contributed by atoms with Crippen molar-refractivity contribution in [2.45, 2.75) is 31.7 Å². The van der Waals surface area contributed by atoms with Crippen LogP contribution in [0.1, 0.15) is 25.7 Å². The van der Waals surface area contributed by atoms with E-state index in [0.29, 0.717) is 32.5 Å². The van der Waals surface area contributed by atoms with Crippen LogP contribution in [0.3, 0.4) is 0 Å². The van der Waals surface area contributed by atoms with Gasteiger partial charge in [-0.2, -0.15) is 17.0 Å². The van der Waals surface area contributed by atoms with E-state index in [1.165, 1.54) is 15.7 Å². The van der Waals surface area contributed by atoms with Gasteiger partial charge in [0.2, 0.25) is 0 Å². The predicted octanol–water partition coefficient (Wildman–Crippen LogP) is -0.200. The number of piperidine rings is 2. The van der Waals surface area contributed by atoms with Crippen LogP contribution in [0.4, 0.5) is 0 Å². The molecule has 0 aromatic carbocycles. The summed E-state index contributed by atoms with van der Waals surface area (Å²) in [6.45, 7) is 2.42. The quantitative estimate of drug-likeness (QED) is 0.726. The second-order valence-corrected chi connectivity index (χ2v) is 7.71. The molecule has 1 atom stereocenters. The second kappa shape index (κ2) is 7.04. The van der Waals surface area contributed by atoms with Gasteiger partial charge in [0.1, 0.15) is 0 Å². The molecule has 8 heteroatoms. The molecule has 7 nitrogen and oxygen atoms in total. The summed E-state index contributed by atoms with van der Waals surface area (Å²) in [7, 11) is -0.420. The molecule has 21 heavy (non-hydrogen) atoms. The molecule has 0 bridgehead atoms. The van der Waals surface area contributed by atoms with E-state index in [0.717, 1.165) is 19.4 Å². The maximum atomic E-state index is 12.6. The highest BCUT2D eigenvalue weighted by Gasteiger charge is 2.36. The third-order valence-electron chi connectivity index (χ3n) is 4.46. The van der Waals surface area contributed by atoms with E-state index in [-0.39, 0.29) is 17.9 Å². The third kappa shape index (κ3) is 3.74. The van der Waals surface area contributed by atoms with Crippen molar-refractivity contribution in [2.75, 3.05) is 40.3 Å². The zero-order chi connectivity index (χ0) is 15.5. The lowest BCUT2D eigenvalue weighted by Gasteiger charge is -2.37. The molecule has 0 aromatic heterocycles. The van der Waals surface area contributed by atoms with Gasteiger partial charge in [0, 0.05) is 32.7 Å². The van der Waals surface area contributed by atoms with E-state index in [1.54, 1.807) is 7.05 Å². The Bertz CT molecular complexity index is 454. The van der Waals surface area contributed by atoms with Crippen LogP contribution < -0.4 is 5.32 Å². The zero-order valence-corrected chi connectivity index (χ0v) is 13.6. The molecule has 2 rings (SSSR count). The van der Waals surface area contributed by atoms with Crippen molar-refractivity contribution >= 4 is 16.2 Å². The summed E-state index contributed by atoms with van der Waals surface area (Å²) in [5.41, 5.74) is 0. The Morgan fingerprint density at radius 1 is 1.29 bits per heavy atom. The van der Waals surface area contributed by atoms with Crippen LogP contribution in [0, 0.1) is 5.92 Å². The molecule has 2 aliphatic rings. The second-order valence-electron chi connectivity index (χ2n) is 5.72. The first kappa shape index (κ1) is 16.7. The van der Waals surface area contributed by atoms with Crippen LogP contribution >= 0.6 is 0 Å². The summed E-state index contributed by atoms with van der Waals surface area (Å²) < 4.78 is 33.0. The van der Waals surface area contributed by atoms with Crippen LogP contribution in [0.15, 0.2) is 0 Å². The van der Waals surface area contributed by atoms with Crippen LogP contribution in [-0.2, 0) is 19.7 Å². The average molecular weight is 319 g/mol. The van der Waals surface area contributed by atoms with Crippen molar-refractivity contribution in [3.8, 4) is 0 Å². The Morgan fingerprint density at radius 2 is 1.95 bits per heavy atom. The van der Waals surface area contributed by atoms with Crippen LogP contribution in [0.5, 0.6) is 0 Å². The van der Waals surface area contributed by atoms with E-state index in [2.05, 4.69) is 5.32 Å². The van der Waals surface area contributed by atoms with Crippen LogP contribution in [-0.4, -0.2) is 69.4 Å². The smallest absolute Gasteiger partial charge is 0.308 e. The number of hydrogen-bond donors (Lipinski definition) is 1. The van der Waals surface area contributed by atoms with Gasteiger partial charge in [0.15, 0.2) is 0 Å². The normalized spacial score (nSPS) is 26.0. The first-order chi connectivity index (χ1) is 9.96. The maximum absolute atomic E-state index is 12.6. The van der Waals surface area contributed by atoms with Crippen LogP contribution in [0.25, 0.3) is 0 Å². The van der Waals surface area contributed by atoms with Gasteiger partial charge in [-0.15, -0.1) is 0 Å². The molecule has 2 aliphatic heterocycles. The van der Waals surface area contributed by atoms with Gasteiger partial charge in [-0.3, -0.25) is 4.79 Å². The monoisotopic (exact) mass is 319 g/mol. The summed E-state index contributed by atoms with van der Waals surface area (Å²) >= 11 is 0. The zero-order valence-electron chi connectivity index (χ0n) is 12.7. The van der Waals surface area contributed by atoms with Crippen molar-refractivity contribution < 1.29 is 17.9 Å². The molecular formula is C13H25N3O4S. The van der Waals surface area contributed by atoms with E-state index in [9.17, 15) is 13.2 Å². The minimum absolute atomic E-state index is 0.0158. The van der Waals surface area contributed by atoms with Gasteiger partial charge in [-0.05, 0) is 32.2 Å². The molecule has 0 saturated carbocycles. The van der Waals surface area contributed by atoms with E-state index >= 15 is 0 Å². The van der Waals surface area contributed by atoms with Gasteiger partial charge >= 0.3 is 5.97 Å². The number of hydrogen-bond acceptors (Lipinski definition) is 5. The number of methoxy groups -OCH3 is 1. The Hall–Kier alpha value is -0.700. The predicted molar refractivity (Wildman–Crippen MR) is 78.9 cm³/mol. The molecule has 1 N–H and O–H groups in total. The van der Waals surface area contributed by atoms with Crippen molar-refractivity contribution in [2.24, 2.45) is 5.92 Å². The molecule has 2 fully saturated rings. The Morgan fingerprint density at radius 3 is 2.48 bits per heavy atom. The summed E-state index contributed by atoms with van der Waals surface area (Å²) in [5.74, 6) is -0.417. The Kier molecular flexibility index (Phi) is 5.59. The molecule has 0 spiro atoms. The molecule has 122 valence electrons. The largest absolute Gasteiger partial charge is 0.469 e. The number of rotatable bonds is 4. The van der Waals surface area contributed by atoms with Gasteiger partial charge in [0.25, 0.3) is 10.2 Å². The molecule has 0 aromatic rings. The summed E-state index contributed by atoms with van der Waals surface area (Å²) in [4.78, 5) is 11.5. The number of esters is 1. The van der Waals surface area contributed by atoms with Gasteiger partial charge in [0.05, 0.1) is 13.0 Å². The fourth-order valence-corrected chi connectivity index (χ4v) is 4.60. The number of ether oxygens (including phenoxy) is 1. The molecule has 1 unspecified atom stereocenters. The third-order valence-corrected chi connectivity index (χ3v) is 6.51. The molecule has 0 aliphatic carbocycles. The highest BCUT2D eigenvalue weighted by molar-refractivity contribution is 7.86. The van der Waals surface area contributed by atoms with Crippen molar-refractivity contribution in [1.29, 1.82) is 0 Å². The summed E-state index contributed by atoms with van der Waals surface area (Å²) in [6.07, 6.45) is 2.95. The Balaban J connectivity index is 1.95. The van der Waals surface area contributed by atoms with Gasteiger partial charge in [-0.1, -0.05) is 0 Å². The number of carbonyl (C=O) groups is 1. The lowest BCUT2D eigenvalue weighted by Crippen LogP contribution is -2.53. The van der Waals surface area contributed by atoms with E-state index in [4.69, 9.17) is 4.74 Å². The van der Waals surface area contributed by atoms with Gasteiger partial charge < -0.3 is 10.1 Å². The molecular weight excluding hydrogens is 294 g/mol. The number of nitrogens with zero attached hydrogens (tertiary/aromatic N) is 2. The first-order valence-corrected chi connectivity index (χ1v) is 8.88. The fraction of sp³-hybridized carbons (Fsp3) is 0.923. The standard InChI is InChI=1S/C13H25N3O4S/c1-15(12-4-3-7-14-10-12)21(18,19)16-8-5-11(6-9-16)13(17)20-2/h11-12,14H,3-10H2,1-2H3.